The lowest BCUT2D eigenvalue weighted by Gasteiger charge is -2.39. The maximum atomic E-state index is 13.3. The van der Waals surface area contributed by atoms with Crippen LogP contribution in [0.4, 0.5) is 5.69 Å². The van der Waals surface area contributed by atoms with Gasteiger partial charge in [-0.3, -0.25) is 10.1 Å². The van der Waals surface area contributed by atoms with Crippen LogP contribution in [0.5, 0.6) is 0 Å². The van der Waals surface area contributed by atoms with E-state index in [0.29, 0.717) is 5.92 Å². The van der Waals surface area contributed by atoms with Crippen LogP contribution in [0.2, 0.25) is 0 Å². The Bertz CT molecular complexity index is 832. The van der Waals surface area contributed by atoms with Gasteiger partial charge in [0, 0.05) is 16.8 Å². The third-order valence-corrected chi connectivity index (χ3v) is 6.24. The SMILES string of the molecule is CCCNC1(C2CCCCC2)C(=O)Nc2ccc(-c3c(C)noc3C)cc21. The Morgan fingerprint density at radius 2 is 2.04 bits per heavy atom. The van der Waals surface area contributed by atoms with Crippen LogP contribution < -0.4 is 10.6 Å². The van der Waals surface area contributed by atoms with Crippen molar-refractivity contribution in [1.82, 2.24) is 10.5 Å². The van der Waals surface area contributed by atoms with Crippen molar-refractivity contribution in [2.45, 2.75) is 64.8 Å². The van der Waals surface area contributed by atoms with E-state index >= 15 is 0 Å². The Balaban J connectivity index is 1.84. The fraction of sp³-hybridized carbons (Fsp3) is 0.545. The van der Waals surface area contributed by atoms with Crippen molar-refractivity contribution < 1.29 is 9.32 Å². The molecule has 144 valence electrons. The van der Waals surface area contributed by atoms with Crippen molar-refractivity contribution in [3.8, 4) is 11.1 Å². The number of hydrogen-bond donors (Lipinski definition) is 2. The summed E-state index contributed by atoms with van der Waals surface area (Å²) in [5, 5.41) is 10.9. The smallest absolute Gasteiger partial charge is 0.249 e. The molecule has 4 rings (SSSR count). The quantitative estimate of drug-likeness (QED) is 0.805. The first kappa shape index (κ1) is 18.2. The molecule has 1 unspecified atom stereocenters. The molecule has 1 aromatic heterocycles. The van der Waals surface area contributed by atoms with Crippen molar-refractivity contribution in [1.29, 1.82) is 0 Å². The van der Waals surface area contributed by atoms with E-state index in [1.807, 2.05) is 19.9 Å². The lowest BCUT2D eigenvalue weighted by molar-refractivity contribution is -0.124. The van der Waals surface area contributed by atoms with E-state index in [0.717, 1.165) is 59.6 Å². The molecule has 1 saturated carbocycles. The highest BCUT2D eigenvalue weighted by molar-refractivity contribution is 6.06. The molecule has 2 aromatic rings. The van der Waals surface area contributed by atoms with Gasteiger partial charge in [0.15, 0.2) is 0 Å². The summed E-state index contributed by atoms with van der Waals surface area (Å²) in [6, 6.07) is 6.27. The number of nitrogens with one attached hydrogen (secondary N) is 2. The van der Waals surface area contributed by atoms with Crippen LogP contribution in [0.25, 0.3) is 11.1 Å². The molecular formula is C22H29N3O2. The molecular weight excluding hydrogens is 338 g/mol. The van der Waals surface area contributed by atoms with Crippen molar-refractivity contribution in [2.75, 3.05) is 11.9 Å². The van der Waals surface area contributed by atoms with Crippen LogP contribution in [0, 0.1) is 19.8 Å². The number of carbonyl (C=O) groups excluding carboxylic acids is 1. The number of anilines is 1. The van der Waals surface area contributed by atoms with E-state index in [-0.39, 0.29) is 5.91 Å². The zero-order chi connectivity index (χ0) is 19.0. The molecule has 0 saturated heterocycles. The first-order chi connectivity index (χ1) is 13.1. The lowest BCUT2D eigenvalue weighted by atomic mass is 9.71. The van der Waals surface area contributed by atoms with Gasteiger partial charge in [0.2, 0.25) is 5.91 Å². The summed E-state index contributed by atoms with van der Waals surface area (Å²) in [6.45, 7) is 6.89. The van der Waals surface area contributed by atoms with Gasteiger partial charge < -0.3 is 9.84 Å². The van der Waals surface area contributed by atoms with Crippen LogP contribution in [0.3, 0.4) is 0 Å². The second-order valence-electron chi connectivity index (χ2n) is 7.98. The molecule has 1 fully saturated rings. The molecule has 0 spiro atoms. The van der Waals surface area contributed by atoms with Gasteiger partial charge in [0.25, 0.3) is 0 Å². The van der Waals surface area contributed by atoms with Crippen LogP contribution in [0.15, 0.2) is 22.7 Å². The number of aromatic nitrogens is 1. The molecule has 0 radical (unpaired) electrons. The van der Waals surface area contributed by atoms with Gasteiger partial charge in [-0.1, -0.05) is 37.4 Å². The van der Waals surface area contributed by atoms with Gasteiger partial charge in [-0.25, -0.2) is 0 Å². The van der Waals surface area contributed by atoms with Crippen molar-refractivity contribution in [3.05, 3.63) is 35.2 Å². The molecule has 2 aliphatic rings. The van der Waals surface area contributed by atoms with Crippen molar-refractivity contribution >= 4 is 11.6 Å². The topological polar surface area (TPSA) is 67.2 Å². The molecule has 2 heterocycles. The van der Waals surface area contributed by atoms with Crippen LogP contribution in [-0.4, -0.2) is 17.6 Å². The molecule has 0 bridgehead atoms. The highest BCUT2D eigenvalue weighted by Crippen LogP contribution is 2.47. The number of benzene rings is 1. The number of aryl methyl sites for hydroxylation is 2. The lowest BCUT2D eigenvalue weighted by Crippen LogP contribution is -2.54. The maximum absolute atomic E-state index is 13.3. The standard InChI is InChI=1S/C22H29N3O2/c1-4-12-23-22(17-8-6-5-7-9-17)18-13-16(10-11-19(18)24-21(22)26)20-14(2)25-27-15(20)3/h10-11,13,17,23H,4-9,12H2,1-3H3,(H,24,26). The second kappa shape index (κ2) is 7.12. The summed E-state index contributed by atoms with van der Waals surface area (Å²) in [4.78, 5) is 13.3. The summed E-state index contributed by atoms with van der Waals surface area (Å²) >= 11 is 0. The van der Waals surface area contributed by atoms with Gasteiger partial charge in [0.1, 0.15) is 11.3 Å². The van der Waals surface area contributed by atoms with E-state index in [1.54, 1.807) is 0 Å². The minimum absolute atomic E-state index is 0.105. The molecule has 27 heavy (non-hydrogen) atoms. The number of rotatable bonds is 5. The third-order valence-electron chi connectivity index (χ3n) is 6.24. The molecule has 1 aromatic carbocycles. The van der Waals surface area contributed by atoms with Gasteiger partial charge in [-0.15, -0.1) is 0 Å². The van der Waals surface area contributed by atoms with E-state index in [2.05, 4.69) is 34.8 Å². The molecule has 1 atom stereocenters. The zero-order valence-electron chi connectivity index (χ0n) is 16.5. The number of carbonyl (C=O) groups is 1. The van der Waals surface area contributed by atoms with Gasteiger partial charge in [0.05, 0.1) is 5.69 Å². The summed E-state index contributed by atoms with van der Waals surface area (Å²) in [6.07, 6.45) is 6.87. The van der Waals surface area contributed by atoms with E-state index in [4.69, 9.17) is 4.52 Å². The Morgan fingerprint density at radius 1 is 1.26 bits per heavy atom. The summed E-state index contributed by atoms with van der Waals surface area (Å²) in [5.41, 5.74) is 4.38. The largest absolute Gasteiger partial charge is 0.361 e. The molecule has 5 nitrogen and oxygen atoms in total. The van der Waals surface area contributed by atoms with Crippen LogP contribution in [-0.2, 0) is 10.3 Å². The van der Waals surface area contributed by atoms with Gasteiger partial charge in [-0.05, 0) is 63.3 Å². The first-order valence-corrected chi connectivity index (χ1v) is 10.2. The second-order valence-corrected chi connectivity index (χ2v) is 7.98. The molecule has 2 N–H and O–H groups in total. The van der Waals surface area contributed by atoms with Crippen LogP contribution in [0.1, 0.15) is 62.5 Å². The zero-order valence-corrected chi connectivity index (χ0v) is 16.5. The number of amides is 1. The molecule has 1 aliphatic carbocycles. The normalized spacial score (nSPS) is 22.7. The average Bonchev–Trinajstić information content (AvgIpc) is 3.16. The van der Waals surface area contributed by atoms with Crippen molar-refractivity contribution in [2.24, 2.45) is 5.92 Å². The van der Waals surface area contributed by atoms with E-state index in [1.165, 1.54) is 19.3 Å². The van der Waals surface area contributed by atoms with Gasteiger partial charge >= 0.3 is 0 Å². The predicted octanol–water partition coefficient (Wildman–Crippen LogP) is 4.69. The fourth-order valence-corrected chi connectivity index (χ4v) is 4.96. The van der Waals surface area contributed by atoms with Crippen molar-refractivity contribution in [3.63, 3.8) is 0 Å². The fourth-order valence-electron chi connectivity index (χ4n) is 4.96. The van der Waals surface area contributed by atoms with E-state index in [9.17, 15) is 4.79 Å². The summed E-state index contributed by atoms with van der Waals surface area (Å²) in [5.74, 6) is 1.25. The predicted molar refractivity (Wildman–Crippen MR) is 107 cm³/mol. The third kappa shape index (κ3) is 2.89. The number of fused-ring (bicyclic) bond motifs is 1. The Morgan fingerprint density at radius 3 is 2.70 bits per heavy atom. The number of hydrogen-bond acceptors (Lipinski definition) is 4. The van der Waals surface area contributed by atoms with Gasteiger partial charge in [-0.2, -0.15) is 0 Å². The summed E-state index contributed by atoms with van der Waals surface area (Å²) < 4.78 is 5.38. The minimum Gasteiger partial charge on any atom is -0.361 e. The molecule has 5 heteroatoms. The van der Waals surface area contributed by atoms with Crippen LogP contribution >= 0.6 is 0 Å². The molecule has 1 aliphatic heterocycles. The minimum atomic E-state index is -0.624. The maximum Gasteiger partial charge on any atom is 0.249 e. The summed E-state index contributed by atoms with van der Waals surface area (Å²) in [7, 11) is 0. The number of nitrogens with zero attached hydrogens (tertiary/aromatic N) is 1. The Labute approximate surface area is 160 Å². The monoisotopic (exact) mass is 367 g/mol. The van der Waals surface area contributed by atoms with E-state index < -0.39 is 5.54 Å². The highest BCUT2D eigenvalue weighted by atomic mass is 16.5. The average molecular weight is 367 g/mol. The highest BCUT2D eigenvalue weighted by Gasteiger charge is 2.52. The Kier molecular flexibility index (Phi) is 4.81. The molecule has 1 amide bonds. The first-order valence-electron chi connectivity index (χ1n) is 10.2. The Hall–Kier alpha value is -2.14.